The van der Waals surface area contributed by atoms with E-state index in [1.165, 1.54) is 12.1 Å². The predicted molar refractivity (Wildman–Crippen MR) is 80.3 cm³/mol. The van der Waals surface area contributed by atoms with E-state index in [2.05, 4.69) is 15.0 Å². The lowest BCUT2D eigenvalue weighted by atomic mass is 10.1. The molecule has 0 unspecified atom stereocenters. The van der Waals surface area contributed by atoms with E-state index >= 15 is 0 Å². The molecule has 4 nitrogen and oxygen atoms in total. The van der Waals surface area contributed by atoms with Crippen LogP contribution in [0.1, 0.15) is 15.9 Å². The van der Waals surface area contributed by atoms with Gasteiger partial charge in [-0.2, -0.15) is 13.2 Å². The van der Waals surface area contributed by atoms with Crippen LogP contribution < -0.4 is 5.32 Å². The van der Waals surface area contributed by atoms with Crippen molar-refractivity contribution in [2.45, 2.75) is 6.18 Å². The van der Waals surface area contributed by atoms with Crippen molar-refractivity contribution in [2.24, 2.45) is 0 Å². The Morgan fingerprint density at radius 3 is 2.61 bits per heavy atom. The summed E-state index contributed by atoms with van der Waals surface area (Å²) in [6, 6.07) is 5.33. The first-order valence-electron chi connectivity index (χ1n) is 6.10. The lowest BCUT2D eigenvalue weighted by molar-refractivity contribution is -0.138. The van der Waals surface area contributed by atoms with Crippen molar-refractivity contribution in [1.82, 2.24) is 4.98 Å². The number of hydrogen-bond acceptors (Lipinski definition) is 4. The molecule has 1 aromatic heterocycles. The van der Waals surface area contributed by atoms with Crippen molar-refractivity contribution in [3.63, 3.8) is 0 Å². The van der Waals surface area contributed by atoms with E-state index in [1.54, 1.807) is 6.07 Å². The summed E-state index contributed by atoms with van der Waals surface area (Å²) in [5, 5.41) is 3.01. The summed E-state index contributed by atoms with van der Waals surface area (Å²) in [6.07, 6.45) is -3.96. The monoisotopic (exact) mass is 364 g/mol. The Balaban J connectivity index is 2.45. The molecule has 0 saturated carbocycles. The van der Waals surface area contributed by atoms with Crippen molar-refractivity contribution >= 4 is 40.7 Å². The van der Waals surface area contributed by atoms with Crippen molar-refractivity contribution in [2.75, 3.05) is 12.4 Å². The number of esters is 1. The molecule has 0 amide bonds. The fourth-order valence-electron chi connectivity index (χ4n) is 1.77. The molecule has 0 aliphatic carbocycles. The molecule has 0 atom stereocenters. The number of ether oxygens (including phenoxy) is 1. The Labute approximate surface area is 139 Å². The molecule has 122 valence electrons. The lowest BCUT2D eigenvalue weighted by Crippen LogP contribution is -2.15. The Morgan fingerprint density at radius 2 is 2.00 bits per heavy atom. The van der Waals surface area contributed by atoms with E-state index < -0.39 is 23.3 Å². The van der Waals surface area contributed by atoms with Gasteiger partial charge in [-0.25, -0.2) is 9.78 Å². The van der Waals surface area contributed by atoms with Crippen molar-refractivity contribution < 1.29 is 22.7 Å². The highest BCUT2D eigenvalue weighted by molar-refractivity contribution is 6.43. The van der Waals surface area contributed by atoms with Crippen LogP contribution in [0, 0.1) is 0 Å². The van der Waals surface area contributed by atoms with Crippen LogP contribution >= 0.6 is 23.2 Å². The average Bonchev–Trinajstić information content (AvgIpc) is 2.50. The number of hydrogen-bond donors (Lipinski definition) is 1. The molecular formula is C14H9Cl2F3N2O2. The largest absolute Gasteiger partial charge is 0.465 e. The van der Waals surface area contributed by atoms with E-state index in [9.17, 15) is 18.0 Å². The SMILES string of the molecule is COC(=O)c1cnc(Nc2cccc(Cl)c2Cl)cc1C(F)(F)F. The summed E-state index contributed by atoms with van der Waals surface area (Å²) < 4.78 is 43.6. The van der Waals surface area contributed by atoms with Crippen LogP contribution in [0.2, 0.25) is 10.0 Å². The second-order valence-corrected chi connectivity index (χ2v) is 5.12. The number of benzene rings is 1. The summed E-state index contributed by atoms with van der Waals surface area (Å²) >= 11 is 11.8. The number of carbonyl (C=O) groups is 1. The van der Waals surface area contributed by atoms with E-state index in [1.807, 2.05) is 0 Å². The number of methoxy groups -OCH3 is 1. The maximum Gasteiger partial charge on any atom is 0.417 e. The molecule has 9 heteroatoms. The topological polar surface area (TPSA) is 51.2 Å². The van der Waals surface area contributed by atoms with Crippen LogP contribution in [0.25, 0.3) is 0 Å². The molecule has 0 spiro atoms. The van der Waals surface area contributed by atoms with Gasteiger partial charge in [-0.1, -0.05) is 29.3 Å². The van der Waals surface area contributed by atoms with Crippen LogP contribution in [-0.4, -0.2) is 18.1 Å². The third kappa shape index (κ3) is 3.86. The highest BCUT2D eigenvalue weighted by atomic mass is 35.5. The van der Waals surface area contributed by atoms with Gasteiger partial charge in [0.05, 0.1) is 34.0 Å². The molecule has 23 heavy (non-hydrogen) atoms. The number of halogens is 5. The Hall–Kier alpha value is -1.99. The summed E-state index contributed by atoms with van der Waals surface area (Å²) in [6.45, 7) is 0. The first kappa shape index (κ1) is 17.4. The van der Waals surface area contributed by atoms with Crippen LogP contribution in [0.4, 0.5) is 24.7 Å². The van der Waals surface area contributed by atoms with Gasteiger partial charge in [-0.05, 0) is 18.2 Å². The van der Waals surface area contributed by atoms with E-state index in [4.69, 9.17) is 23.2 Å². The second-order valence-electron chi connectivity index (χ2n) is 4.33. The maximum atomic E-state index is 13.1. The molecule has 1 heterocycles. The minimum atomic E-state index is -4.75. The van der Waals surface area contributed by atoms with E-state index in [-0.39, 0.29) is 21.6 Å². The number of nitrogens with one attached hydrogen (secondary N) is 1. The Kier molecular flexibility index (Phi) is 5.01. The third-order valence-electron chi connectivity index (χ3n) is 2.83. The smallest absolute Gasteiger partial charge is 0.417 e. The third-order valence-corrected chi connectivity index (χ3v) is 3.65. The Bertz CT molecular complexity index is 751. The van der Waals surface area contributed by atoms with Crippen LogP contribution in [0.3, 0.4) is 0 Å². The average molecular weight is 365 g/mol. The quantitative estimate of drug-likeness (QED) is 0.783. The number of anilines is 2. The first-order chi connectivity index (χ1) is 10.7. The van der Waals surface area contributed by atoms with Crippen LogP contribution in [-0.2, 0) is 10.9 Å². The lowest BCUT2D eigenvalue weighted by Gasteiger charge is -2.14. The van der Waals surface area contributed by atoms with Gasteiger partial charge in [0.1, 0.15) is 5.82 Å². The van der Waals surface area contributed by atoms with Gasteiger partial charge in [0.25, 0.3) is 0 Å². The number of alkyl halides is 3. The fraction of sp³-hybridized carbons (Fsp3) is 0.143. The molecule has 2 rings (SSSR count). The number of rotatable bonds is 3. The summed E-state index contributed by atoms with van der Waals surface area (Å²) in [5.41, 5.74) is -1.56. The number of aromatic nitrogens is 1. The fourth-order valence-corrected chi connectivity index (χ4v) is 2.12. The molecule has 0 saturated heterocycles. The normalized spacial score (nSPS) is 11.2. The number of nitrogens with zero attached hydrogens (tertiary/aromatic N) is 1. The van der Waals surface area contributed by atoms with Crippen molar-refractivity contribution in [3.8, 4) is 0 Å². The molecule has 1 N–H and O–H groups in total. The maximum absolute atomic E-state index is 13.1. The van der Waals surface area contributed by atoms with Gasteiger partial charge in [-0.3, -0.25) is 0 Å². The molecule has 0 aliphatic rings. The number of carbonyl (C=O) groups excluding carboxylic acids is 1. The molecule has 0 aliphatic heterocycles. The molecule has 0 radical (unpaired) electrons. The zero-order chi connectivity index (χ0) is 17.2. The van der Waals surface area contributed by atoms with Gasteiger partial charge in [-0.15, -0.1) is 0 Å². The molecule has 1 aromatic carbocycles. The first-order valence-corrected chi connectivity index (χ1v) is 6.86. The van der Waals surface area contributed by atoms with Gasteiger partial charge in [0.15, 0.2) is 0 Å². The highest BCUT2D eigenvalue weighted by Gasteiger charge is 2.36. The molecule has 0 fully saturated rings. The van der Waals surface area contributed by atoms with Crippen molar-refractivity contribution in [3.05, 3.63) is 51.6 Å². The van der Waals surface area contributed by atoms with Gasteiger partial charge in [0, 0.05) is 6.20 Å². The zero-order valence-electron chi connectivity index (χ0n) is 11.5. The van der Waals surface area contributed by atoms with Crippen molar-refractivity contribution in [1.29, 1.82) is 0 Å². The van der Waals surface area contributed by atoms with E-state index in [0.29, 0.717) is 6.07 Å². The predicted octanol–water partition coefficient (Wildman–Crippen LogP) is 4.94. The molecule has 0 bridgehead atoms. The minimum Gasteiger partial charge on any atom is -0.465 e. The standard InChI is InChI=1S/C14H9Cl2F3N2O2/c1-23-13(22)7-6-20-11(5-8(7)14(17,18)19)21-10-4-2-3-9(15)12(10)16/h2-6H,1H3,(H,20,21). The summed E-state index contributed by atoms with van der Waals surface area (Å²) in [5.74, 6) is -1.27. The Morgan fingerprint density at radius 1 is 1.30 bits per heavy atom. The summed E-state index contributed by atoms with van der Waals surface area (Å²) in [7, 11) is 0.986. The molecular weight excluding hydrogens is 356 g/mol. The van der Waals surface area contributed by atoms with Gasteiger partial charge >= 0.3 is 12.1 Å². The van der Waals surface area contributed by atoms with Gasteiger partial charge in [0.2, 0.25) is 0 Å². The second kappa shape index (κ2) is 6.64. The van der Waals surface area contributed by atoms with E-state index in [0.717, 1.165) is 13.3 Å². The van der Waals surface area contributed by atoms with Crippen LogP contribution in [0.15, 0.2) is 30.5 Å². The zero-order valence-corrected chi connectivity index (χ0v) is 13.1. The highest BCUT2D eigenvalue weighted by Crippen LogP contribution is 2.35. The molecule has 2 aromatic rings. The number of pyridine rings is 1. The summed E-state index contributed by atoms with van der Waals surface area (Å²) in [4.78, 5) is 15.2. The van der Waals surface area contributed by atoms with Crippen LogP contribution in [0.5, 0.6) is 0 Å². The van der Waals surface area contributed by atoms with Gasteiger partial charge < -0.3 is 10.1 Å². The minimum absolute atomic E-state index is 0.140.